The van der Waals surface area contributed by atoms with Gasteiger partial charge in [-0.05, 0) is 49.6 Å². The van der Waals surface area contributed by atoms with Crippen LogP contribution in [0.4, 0.5) is 0 Å². The smallest absolute Gasteiger partial charge is 0.243 e. The molecule has 2 aromatic carbocycles. The Morgan fingerprint density at radius 3 is 2.42 bits per heavy atom. The van der Waals surface area contributed by atoms with Crippen LogP contribution in [0.3, 0.4) is 0 Å². The third kappa shape index (κ3) is 3.24. The van der Waals surface area contributed by atoms with E-state index < -0.39 is 10.0 Å². The number of rotatable bonds is 3. The second kappa shape index (κ2) is 6.67. The molecule has 1 aliphatic heterocycles. The molecular weight excluding hydrogens is 322 g/mol. The fourth-order valence-corrected chi connectivity index (χ4v) is 4.65. The first-order valence-electron chi connectivity index (χ1n) is 8.15. The highest BCUT2D eigenvalue weighted by Crippen LogP contribution is 2.29. The minimum absolute atomic E-state index is 0.184. The molecule has 128 valence electrons. The van der Waals surface area contributed by atoms with Gasteiger partial charge >= 0.3 is 0 Å². The van der Waals surface area contributed by atoms with Crippen LogP contribution in [0.15, 0.2) is 53.4 Å². The average molecular weight is 345 g/mol. The number of aryl methyl sites for hydroxylation is 2. The van der Waals surface area contributed by atoms with Crippen LogP contribution in [0.5, 0.6) is 0 Å². The minimum atomic E-state index is -3.54. The van der Waals surface area contributed by atoms with Crippen molar-refractivity contribution in [2.45, 2.75) is 37.8 Å². The molecule has 0 spiro atoms. The molecule has 0 saturated carbocycles. The van der Waals surface area contributed by atoms with Crippen LogP contribution >= 0.6 is 0 Å². The predicted octanol–water partition coefficient (Wildman–Crippen LogP) is 3.45. The molecule has 4 nitrogen and oxygen atoms in total. The van der Waals surface area contributed by atoms with E-state index in [2.05, 4.69) is 0 Å². The molecular formula is C19H23NO3S. The fraction of sp³-hybridized carbons (Fsp3) is 0.368. The summed E-state index contributed by atoms with van der Waals surface area (Å²) >= 11 is 0. The largest absolute Gasteiger partial charge is 0.370 e. The topological polar surface area (TPSA) is 46.6 Å². The van der Waals surface area contributed by atoms with Crippen molar-refractivity contribution in [1.82, 2.24) is 4.31 Å². The summed E-state index contributed by atoms with van der Waals surface area (Å²) in [5, 5.41) is 0. The molecule has 0 bridgehead atoms. The normalized spacial score (nSPS) is 22.5. The highest BCUT2D eigenvalue weighted by Gasteiger charge is 2.36. The molecule has 2 unspecified atom stereocenters. The molecule has 5 heteroatoms. The molecule has 0 aromatic heterocycles. The Hall–Kier alpha value is -1.69. The Bertz CT molecular complexity index is 818. The molecule has 0 amide bonds. The van der Waals surface area contributed by atoms with Gasteiger partial charge in [0.1, 0.15) is 0 Å². The molecule has 2 atom stereocenters. The summed E-state index contributed by atoms with van der Waals surface area (Å²) in [7, 11) is -3.54. The van der Waals surface area contributed by atoms with E-state index >= 15 is 0 Å². The maximum absolute atomic E-state index is 13.1. The van der Waals surface area contributed by atoms with Gasteiger partial charge in [0.05, 0.1) is 17.6 Å². The third-order valence-electron chi connectivity index (χ3n) is 4.63. The number of hydrogen-bond acceptors (Lipinski definition) is 3. The Kier molecular flexibility index (Phi) is 4.76. The summed E-state index contributed by atoms with van der Waals surface area (Å²) in [6.45, 7) is 6.53. The molecule has 1 heterocycles. The van der Waals surface area contributed by atoms with E-state index in [1.165, 1.54) is 0 Å². The van der Waals surface area contributed by atoms with Crippen molar-refractivity contribution < 1.29 is 13.2 Å². The van der Waals surface area contributed by atoms with Crippen LogP contribution in [0, 0.1) is 13.8 Å². The zero-order valence-electron chi connectivity index (χ0n) is 14.3. The van der Waals surface area contributed by atoms with Crippen molar-refractivity contribution in [3.05, 3.63) is 65.2 Å². The lowest BCUT2D eigenvalue weighted by Gasteiger charge is -2.37. The SMILES string of the molecule is Cc1ccc(S(=O)(=O)N2CC(c3ccccc3)OCC2C)cc1C. The van der Waals surface area contributed by atoms with Crippen LogP contribution in [-0.2, 0) is 14.8 Å². The molecule has 24 heavy (non-hydrogen) atoms. The second-order valence-electron chi connectivity index (χ2n) is 6.40. The predicted molar refractivity (Wildman–Crippen MR) is 94.4 cm³/mol. The van der Waals surface area contributed by atoms with Gasteiger partial charge in [0.2, 0.25) is 10.0 Å². The van der Waals surface area contributed by atoms with E-state index in [1.807, 2.05) is 57.2 Å². The molecule has 0 aliphatic carbocycles. The maximum Gasteiger partial charge on any atom is 0.243 e. The summed E-state index contributed by atoms with van der Waals surface area (Å²) in [5.41, 5.74) is 3.08. The molecule has 0 N–H and O–H groups in total. The number of ether oxygens (including phenoxy) is 1. The number of morpholine rings is 1. The van der Waals surface area contributed by atoms with Crippen LogP contribution in [0.25, 0.3) is 0 Å². The molecule has 2 aromatic rings. The van der Waals surface area contributed by atoms with Gasteiger partial charge in [-0.2, -0.15) is 4.31 Å². The highest BCUT2D eigenvalue weighted by atomic mass is 32.2. The summed E-state index contributed by atoms with van der Waals surface area (Å²) in [6.07, 6.45) is -0.233. The van der Waals surface area contributed by atoms with Crippen LogP contribution < -0.4 is 0 Å². The monoisotopic (exact) mass is 345 g/mol. The van der Waals surface area contributed by atoms with Gasteiger partial charge in [-0.25, -0.2) is 8.42 Å². The van der Waals surface area contributed by atoms with Crippen molar-refractivity contribution in [2.24, 2.45) is 0 Å². The van der Waals surface area contributed by atoms with E-state index in [0.717, 1.165) is 16.7 Å². The van der Waals surface area contributed by atoms with Crippen molar-refractivity contribution in [3.8, 4) is 0 Å². The van der Waals surface area contributed by atoms with Crippen molar-refractivity contribution in [3.63, 3.8) is 0 Å². The van der Waals surface area contributed by atoms with Crippen LogP contribution in [-0.4, -0.2) is 31.9 Å². The maximum atomic E-state index is 13.1. The average Bonchev–Trinajstić information content (AvgIpc) is 2.58. The lowest BCUT2D eigenvalue weighted by atomic mass is 10.1. The van der Waals surface area contributed by atoms with E-state index in [4.69, 9.17) is 4.74 Å². The van der Waals surface area contributed by atoms with Gasteiger partial charge in [-0.1, -0.05) is 36.4 Å². The first-order valence-corrected chi connectivity index (χ1v) is 9.59. The van der Waals surface area contributed by atoms with Gasteiger partial charge in [0.25, 0.3) is 0 Å². The summed E-state index contributed by atoms with van der Waals surface area (Å²) in [5.74, 6) is 0. The van der Waals surface area contributed by atoms with Crippen LogP contribution in [0.1, 0.15) is 29.7 Å². The first-order chi connectivity index (χ1) is 11.4. The van der Waals surface area contributed by atoms with Crippen molar-refractivity contribution >= 4 is 10.0 Å². The van der Waals surface area contributed by atoms with Crippen LogP contribution in [0.2, 0.25) is 0 Å². The standard InChI is InChI=1S/C19H23NO3S/c1-14-9-10-18(11-15(14)2)24(21,22)20-12-19(23-13-16(20)3)17-7-5-4-6-8-17/h4-11,16,19H,12-13H2,1-3H3. The number of hydrogen-bond donors (Lipinski definition) is 0. The molecule has 0 radical (unpaired) electrons. The Morgan fingerprint density at radius 1 is 1.04 bits per heavy atom. The summed E-state index contributed by atoms with van der Waals surface area (Å²) in [4.78, 5) is 0.353. The minimum Gasteiger partial charge on any atom is -0.370 e. The lowest BCUT2D eigenvalue weighted by Crippen LogP contribution is -2.48. The number of sulfonamides is 1. The third-order valence-corrected chi connectivity index (χ3v) is 6.61. The van der Waals surface area contributed by atoms with Gasteiger partial charge in [-0.3, -0.25) is 0 Å². The Morgan fingerprint density at radius 2 is 1.75 bits per heavy atom. The van der Waals surface area contributed by atoms with Gasteiger partial charge in [0, 0.05) is 12.6 Å². The molecule has 3 rings (SSSR count). The van der Waals surface area contributed by atoms with Gasteiger partial charge < -0.3 is 4.74 Å². The van der Waals surface area contributed by atoms with Gasteiger partial charge in [0.15, 0.2) is 0 Å². The summed E-state index contributed by atoms with van der Waals surface area (Å²) < 4.78 is 33.7. The van der Waals surface area contributed by atoms with E-state index in [0.29, 0.717) is 18.0 Å². The van der Waals surface area contributed by atoms with Crippen molar-refractivity contribution in [1.29, 1.82) is 0 Å². The molecule has 1 aliphatic rings. The Labute approximate surface area is 144 Å². The van der Waals surface area contributed by atoms with E-state index in [-0.39, 0.29) is 12.1 Å². The second-order valence-corrected chi connectivity index (χ2v) is 8.29. The van der Waals surface area contributed by atoms with Gasteiger partial charge in [-0.15, -0.1) is 0 Å². The van der Waals surface area contributed by atoms with E-state index in [9.17, 15) is 8.42 Å². The zero-order chi connectivity index (χ0) is 17.3. The first kappa shape index (κ1) is 17.1. The Balaban J connectivity index is 1.92. The quantitative estimate of drug-likeness (QED) is 0.856. The van der Waals surface area contributed by atoms with E-state index in [1.54, 1.807) is 16.4 Å². The molecule has 1 fully saturated rings. The van der Waals surface area contributed by atoms with Crippen molar-refractivity contribution in [2.75, 3.05) is 13.2 Å². The number of nitrogens with zero attached hydrogens (tertiary/aromatic N) is 1. The number of benzene rings is 2. The lowest BCUT2D eigenvalue weighted by molar-refractivity contribution is -0.0288. The summed E-state index contributed by atoms with van der Waals surface area (Å²) in [6, 6.07) is 14.9. The zero-order valence-corrected chi connectivity index (χ0v) is 15.1. The fourth-order valence-electron chi connectivity index (χ4n) is 2.95. The highest BCUT2D eigenvalue weighted by molar-refractivity contribution is 7.89. The molecule has 1 saturated heterocycles.